The molecule has 1 aromatic carbocycles. The number of anilines is 1. The van der Waals surface area contributed by atoms with E-state index < -0.39 is 0 Å². The first-order chi connectivity index (χ1) is 13.2. The minimum absolute atomic E-state index is 0.291. The van der Waals surface area contributed by atoms with Crippen molar-refractivity contribution in [2.24, 2.45) is 0 Å². The third-order valence-electron chi connectivity index (χ3n) is 5.23. The van der Waals surface area contributed by atoms with Crippen LogP contribution in [0.25, 0.3) is 10.9 Å². The number of fused-ring (bicyclic) bond motifs is 1. The fourth-order valence-corrected chi connectivity index (χ4v) is 4.44. The second-order valence-electron chi connectivity index (χ2n) is 6.80. The van der Waals surface area contributed by atoms with Gasteiger partial charge in [0.15, 0.2) is 0 Å². The first kappa shape index (κ1) is 20.8. The number of nitrogens with one attached hydrogen (secondary N) is 1. The third kappa shape index (κ3) is 5.31. The second kappa shape index (κ2) is 10.0. The number of aromatic nitrogens is 2. The molecule has 0 bridgehead atoms. The SMILES string of the molecule is CC.Clc1nc(NC2CCC(N3CCOCC3)CC2)c2cc(Br)ccc2n1. The maximum Gasteiger partial charge on any atom is 0.224 e. The zero-order valence-electron chi connectivity index (χ0n) is 16.0. The summed E-state index contributed by atoms with van der Waals surface area (Å²) >= 11 is 9.64. The van der Waals surface area contributed by atoms with Crippen molar-refractivity contribution in [2.75, 3.05) is 31.6 Å². The van der Waals surface area contributed by atoms with Crippen LogP contribution in [-0.2, 0) is 4.74 Å². The molecule has 27 heavy (non-hydrogen) atoms. The molecule has 148 valence electrons. The number of hydrogen-bond acceptors (Lipinski definition) is 5. The summed E-state index contributed by atoms with van der Waals surface area (Å²) in [6.45, 7) is 7.89. The molecule has 1 saturated carbocycles. The molecule has 2 aliphatic rings. The quantitative estimate of drug-likeness (QED) is 0.650. The van der Waals surface area contributed by atoms with Crippen LogP contribution >= 0.6 is 27.5 Å². The van der Waals surface area contributed by atoms with Crippen molar-refractivity contribution in [2.45, 2.75) is 51.6 Å². The lowest BCUT2D eigenvalue weighted by Gasteiger charge is -2.39. The normalized spacial score (nSPS) is 23.6. The molecular formula is C20H28BrClN4O. The Bertz CT molecular complexity index is 746. The van der Waals surface area contributed by atoms with Crippen LogP contribution in [0.5, 0.6) is 0 Å². The molecule has 0 amide bonds. The van der Waals surface area contributed by atoms with E-state index in [4.69, 9.17) is 16.3 Å². The third-order valence-corrected chi connectivity index (χ3v) is 5.89. The van der Waals surface area contributed by atoms with Gasteiger partial charge in [-0.15, -0.1) is 0 Å². The monoisotopic (exact) mass is 454 g/mol. The Hall–Kier alpha value is -0.950. The molecule has 5 nitrogen and oxygen atoms in total. The first-order valence-corrected chi connectivity index (χ1v) is 11.1. The summed E-state index contributed by atoms with van der Waals surface area (Å²) in [6, 6.07) is 7.12. The summed E-state index contributed by atoms with van der Waals surface area (Å²) < 4.78 is 6.49. The van der Waals surface area contributed by atoms with Gasteiger partial charge in [-0.1, -0.05) is 29.8 Å². The highest BCUT2D eigenvalue weighted by Gasteiger charge is 2.27. The van der Waals surface area contributed by atoms with E-state index in [2.05, 4.69) is 36.1 Å². The largest absolute Gasteiger partial charge is 0.379 e. The van der Waals surface area contributed by atoms with Gasteiger partial charge < -0.3 is 10.1 Å². The fraction of sp³-hybridized carbons (Fsp3) is 0.600. The van der Waals surface area contributed by atoms with E-state index in [0.29, 0.717) is 17.4 Å². The molecule has 4 rings (SSSR count). The number of rotatable bonds is 3. The molecule has 0 unspecified atom stereocenters. The van der Waals surface area contributed by atoms with Gasteiger partial charge in [0.1, 0.15) is 5.82 Å². The Labute approximate surface area is 175 Å². The van der Waals surface area contributed by atoms with Crippen LogP contribution in [0.1, 0.15) is 39.5 Å². The minimum Gasteiger partial charge on any atom is -0.379 e. The first-order valence-electron chi connectivity index (χ1n) is 9.90. The van der Waals surface area contributed by atoms with Gasteiger partial charge in [-0.2, -0.15) is 0 Å². The Balaban J connectivity index is 0.00000102. The van der Waals surface area contributed by atoms with Gasteiger partial charge in [0.2, 0.25) is 5.28 Å². The lowest BCUT2D eigenvalue weighted by molar-refractivity contribution is 0.00791. The molecule has 1 aliphatic carbocycles. The summed E-state index contributed by atoms with van der Waals surface area (Å²) in [5, 5.41) is 4.92. The van der Waals surface area contributed by atoms with Crippen LogP contribution in [0.2, 0.25) is 5.28 Å². The summed E-state index contributed by atoms with van der Waals surface area (Å²) in [7, 11) is 0. The van der Waals surface area contributed by atoms with E-state index in [9.17, 15) is 0 Å². The van der Waals surface area contributed by atoms with Gasteiger partial charge in [0.05, 0.1) is 18.7 Å². The van der Waals surface area contributed by atoms with E-state index in [1.54, 1.807) is 0 Å². The zero-order valence-corrected chi connectivity index (χ0v) is 18.4. The Morgan fingerprint density at radius 3 is 2.52 bits per heavy atom. The maximum absolute atomic E-state index is 6.11. The minimum atomic E-state index is 0.291. The number of hydrogen-bond donors (Lipinski definition) is 1. The predicted octanol–water partition coefficient (Wildman–Crippen LogP) is 5.13. The second-order valence-corrected chi connectivity index (χ2v) is 8.05. The molecule has 0 spiro atoms. The Morgan fingerprint density at radius 1 is 1.11 bits per heavy atom. The van der Waals surface area contributed by atoms with Crippen LogP contribution in [0, 0.1) is 0 Å². The van der Waals surface area contributed by atoms with Crippen molar-refractivity contribution in [3.8, 4) is 0 Å². The van der Waals surface area contributed by atoms with Crippen molar-refractivity contribution in [1.82, 2.24) is 14.9 Å². The fourth-order valence-electron chi connectivity index (χ4n) is 3.90. The maximum atomic E-state index is 6.11. The summed E-state index contributed by atoms with van der Waals surface area (Å²) in [6.07, 6.45) is 4.74. The summed E-state index contributed by atoms with van der Waals surface area (Å²) in [4.78, 5) is 11.4. The van der Waals surface area contributed by atoms with Crippen LogP contribution in [0.15, 0.2) is 22.7 Å². The molecule has 1 aliphatic heterocycles. The molecule has 2 heterocycles. The lowest BCUT2D eigenvalue weighted by atomic mass is 9.90. The molecule has 1 aromatic heterocycles. The highest BCUT2D eigenvalue weighted by atomic mass is 79.9. The van der Waals surface area contributed by atoms with E-state index in [-0.39, 0.29) is 0 Å². The van der Waals surface area contributed by atoms with E-state index in [0.717, 1.165) is 60.3 Å². The van der Waals surface area contributed by atoms with Gasteiger partial charge in [-0.05, 0) is 55.5 Å². The molecule has 1 N–H and O–H groups in total. The number of nitrogens with zero attached hydrogens (tertiary/aromatic N) is 3. The highest BCUT2D eigenvalue weighted by Crippen LogP contribution is 2.30. The van der Waals surface area contributed by atoms with Crippen LogP contribution < -0.4 is 5.32 Å². The van der Waals surface area contributed by atoms with Crippen molar-refractivity contribution < 1.29 is 4.74 Å². The van der Waals surface area contributed by atoms with Gasteiger partial charge in [0, 0.05) is 35.0 Å². The van der Waals surface area contributed by atoms with E-state index in [1.807, 2.05) is 32.0 Å². The number of ether oxygens (including phenoxy) is 1. The van der Waals surface area contributed by atoms with Crippen molar-refractivity contribution in [1.29, 1.82) is 0 Å². The van der Waals surface area contributed by atoms with Crippen molar-refractivity contribution in [3.05, 3.63) is 28.0 Å². The van der Waals surface area contributed by atoms with Crippen LogP contribution in [0.3, 0.4) is 0 Å². The van der Waals surface area contributed by atoms with Crippen molar-refractivity contribution >= 4 is 44.3 Å². The number of morpholine rings is 1. The Morgan fingerprint density at radius 2 is 1.81 bits per heavy atom. The molecular weight excluding hydrogens is 428 g/mol. The highest BCUT2D eigenvalue weighted by molar-refractivity contribution is 9.10. The van der Waals surface area contributed by atoms with Crippen molar-refractivity contribution in [3.63, 3.8) is 0 Å². The zero-order chi connectivity index (χ0) is 19.2. The number of halogens is 2. The molecule has 0 radical (unpaired) electrons. The average Bonchev–Trinajstić information content (AvgIpc) is 2.71. The number of benzene rings is 1. The van der Waals surface area contributed by atoms with Gasteiger partial charge in [-0.25, -0.2) is 9.97 Å². The van der Waals surface area contributed by atoms with Crippen LogP contribution in [-0.4, -0.2) is 53.3 Å². The topological polar surface area (TPSA) is 50.3 Å². The molecule has 2 aromatic rings. The lowest BCUT2D eigenvalue weighted by Crippen LogP contribution is -2.46. The standard InChI is InChI=1S/C18H22BrClN4O.C2H6/c19-12-1-6-16-15(11-12)17(23-18(20)22-16)21-13-2-4-14(5-3-13)24-7-9-25-10-8-24;1-2/h1,6,11,13-14H,2-5,7-10H2,(H,21,22,23);1-2H3. The molecule has 1 saturated heterocycles. The van der Waals surface area contributed by atoms with Crippen LogP contribution in [0.4, 0.5) is 5.82 Å². The average molecular weight is 456 g/mol. The van der Waals surface area contributed by atoms with E-state index in [1.165, 1.54) is 12.8 Å². The predicted molar refractivity (Wildman–Crippen MR) is 116 cm³/mol. The van der Waals surface area contributed by atoms with E-state index >= 15 is 0 Å². The molecule has 7 heteroatoms. The molecule has 2 fully saturated rings. The smallest absolute Gasteiger partial charge is 0.224 e. The van der Waals surface area contributed by atoms with Gasteiger partial charge in [-0.3, -0.25) is 4.90 Å². The van der Waals surface area contributed by atoms with Gasteiger partial charge >= 0.3 is 0 Å². The molecule has 0 atom stereocenters. The van der Waals surface area contributed by atoms with Gasteiger partial charge in [0.25, 0.3) is 0 Å². The summed E-state index contributed by atoms with van der Waals surface area (Å²) in [5.41, 5.74) is 0.868. The summed E-state index contributed by atoms with van der Waals surface area (Å²) in [5.74, 6) is 0.839. The Kier molecular flexibility index (Phi) is 7.70.